The van der Waals surface area contributed by atoms with Crippen LogP contribution in [0.2, 0.25) is 5.02 Å². The molecule has 0 spiro atoms. The highest BCUT2D eigenvalue weighted by molar-refractivity contribution is 6.30. The van der Waals surface area contributed by atoms with Crippen LogP contribution in [0, 0.1) is 0 Å². The van der Waals surface area contributed by atoms with Gasteiger partial charge in [-0.05, 0) is 31.2 Å². The molecule has 0 heterocycles. The minimum atomic E-state index is 0.0399. The third kappa shape index (κ3) is 3.40. The smallest absolute Gasteiger partial charge is 0.159 e. The molecular formula is C12H13ClO2. The summed E-state index contributed by atoms with van der Waals surface area (Å²) in [6.07, 6.45) is 3.58. The maximum atomic E-state index is 11.4. The lowest BCUT2D eigenvalue weighted by molar-refractivity contribution is -0.114. The van der Waals surface area contributed by atoms with Crippen LogP contribution < -0.4 is 4.74 Å². The Hall–Kier alpha value is -1.28. The van der Waals surface area contributed by atoms with E-state index in [1.54, 1.807) is 37.5 Å². The van der Waals surface area contributed by atoms with Crippen LogP contribution in [0.4, 0.5) is 0 Å². The van der Waals surface area contributed by atoms with Crippen molar-refractivity contribution >= 4 is 17.4 Å². The fourth-order valence-electron chi connectivity index (χ4n) is 1.32. The topological polar surface area (TPSA) is 26.3 Å². The van der Waals surface area contributed by atoms with Crippen molar-refractivity contribution in [2.45, 2.75) is 13.3 Å². The van der Waals surface area contributed by atoms with E-state index in [9.17, 15) is 4.79 Å². The summed E-state index contributed by atoms with van der Waals surface area (Å²) < 4.78 is 5.14. The summed E-state index contributed by atoms with van der Waals surface area (Å²) in [5.74, 6) is 0.732. The van der Waals surface area contributed by atoms with E-state index in [4.69, 9.17) is 16.3 Å². The molecule has 1 aromatic rings. The van der Waals surface area contributed by atoms with Gasteiger partial charge in [-0.3, -0.25) is 4.79 Å². The van der Waals surface area contributed by atoms with E-state index in [1.807, 2.05) is 6.92 Å². The second kappa shape index (κ2) is 5.56. The molecule has 0 fully saturated rings. The average molecular weight is 225 g/mol. The minimum absolute atomic E-state index is 0.0399. The Balaban J connectivity index is 2.91. The number of methoxy groups -OCH3 is 1. The molecule has 0 aromatic heterocycles. The quantitative estimate of drug-likeness (QED) is 0.735. The lowest BCUT2D eigenvalue weighted by atomic mass is 10.1. The maximum absolute atomic E-state index is 11.4. The van der Waals surface area contributed by atoms with Crippen LogP contribution in [0.5, 0.6) is 5.75 Å². The van der Waals surface area contributed by atoms with Gasteiger partial charge in [-0.2, -0.15) is 0 Å². The third-order valence-corrected chi connectivity index (χ3v) is 2.19. The van der Waals surface area contributed by atoms with Gasteiger partial charge in [0.25, 0.3) is 0 Å². The molecular weight excluding hydrogens is 212 g/mol. The molecule has 80 valence electrons. The first-order valence-electron chi connectivity index (χ1n) is 4.65. The molecule has 15 heavy (non-hydrogen) atoms. The lowest BCUT2D eigenvalue weighted by Crippen LogP contribution is -2.00. The van der Waals surface area contributed by atoms with Gasteiger partial charge in [0, 0.05) is 17.0 Å². The molecule has 1 rings (SSSR count). The van der Waals surface area contributed by atoms with Crippen LogP contribution in [0.25, 0.3) is 0 Å². The van der Waals surface area contributed by atoms with Crippen molar-refractivity contribution in [3.05, 3.63) is 40.9 Å². The number of ketones is 1. The summed E-state index contributed by atoms with van der Waals surface area (Å²) in [5, 5.41) is 0.610. The number of hydrogen-bond acceptors (Lipinski definition) is 2. The number of carbonyl (C=O) groups is 1. The van der Waals surface area contributed by atoms with Crippen LogP contribution in [0.1, 0.15) is 12.5 Å². The van der Waals surface area contributed by atoms with Crippen LogP contribution >= 0.6 is 11.6 Å². The second-order valence-corrected chi connectivity index (χ2v) is 3.54. The summed E-state index contributed by atoms with van der Waals surface area (Å²) in [5.41, 5.74) is 0.813. The van der Waals surface area contributed by atoms with E-state index in [-0.39, 0.29) is 5.78 Å². The van der Waals surface area contributed by atoms with Crippen molar-refractivity contribution in [1.29, 1.82) is 0 Å². The zero-order valence-electron chi connectivity index (χ0n) is 8.79. The number of allylic oxidation sites excluding steroid dienone is 2. The van der Waals surface area contributed by atoms with Crippen LogP contribution in [0.3, 0.4) is 0 Å². The van der Waals surface area contributed by atoms with Crippen molar-refractivity contribution in [1.82, 2.24) is 0 Å². The molecule has 0 amide bonds. The van der Waals surface area contributed by atoms with Gasteiger partial charge in [0.05, 0.1) is 7.11 Å². The first-order valence-corrected chi connectivity index (χ1v) is 5.03. The molecule has 0 radical (unpaired) electrons. The number of rotatable bonds is 4. The van der Waals surface area contributed by atoms with Crippen LogP contribution in [-0.2, 0) is 11.2 Å². The molecule has 1 aromatic carbocycles. The number of hydrogen-bond donors (Lipinski definition) is 0. The number of ether oxygens (including phenoxy) is 1. The molecule has 0 aliphatic rings. The van der Waals surface area contributed by atoms with Crippen LogP contribution in [-0.4, -0.2) is 12.9 Å². The van der Waals surface area contributed by atoms with Crippen molar-refractivity contribution in [2.24, 2.45) is 0 Å². The summed E-state index contributed by atoms with van der Waals surface area (Å²) >= 11 is 5.85. The minimum Gasteiger partial charge on any atom is -0.496 e. The fourth-order valence-corrected chi connectivity index (χ4v) is 1.51. The first-order chi connectivity index (χ1) is 7.17. The second-order valence-electron chi connectivity index (χ2n) is 3.10. The maximum Gasteiger partial charge on any atom is 0.159 e. The van der Waals surface area contributed by atoms with E-state index >= 15 is 0 Å². The average Bonchev–Trinajstić information content (AvgIpc) is 2.18. The van der Waals surface area contributed by atoms with Crippen molar-refractivity contribution in [3.63, 3.8) is 0 Å². The Morgan fingerprint density at radius 3 is 2.87 bits per heavy atom. The molecule has 0 N–H and O–H groups in total. The predicted molar refractivity (Wildman–Crippen MR) is 61.5 cm³/mol. The predicted octanol–water partition coefficient (Wildman–Crippen LogP) is 3.04. The molecule has 0 saturated carbocycles. The van der Waals surface area contributed by atoms with Gasteiger partial charge in [0.15, 0.2) is 5.78 Å². The largest absolute Gasteiger partial charge is 0.496 e. The Bertz CT molecular complexity index is 383. The standard InChI is InChI=1S/C12H13ClO2/c1-3-4-11(14)8-9-7-10(13)5-6-12(9)15-2/h3-7H,8H2,1-2H3/b4-3+. The SMILES string of the molecule is C/C=C/C(=O)Cc1cc(Cl)ccc1OC. The highest BCUT2D eigenvalue weighted by atomic mass is 35.5. The molecule has 0 bridgehead atoms. The normalized spacial score (nSPS) is 10.6. The third-order valence-electron chi connectivity index (χ3n) is 1.96. The molecule has 0 aliphatic carbocycles. The van der Waals surface area contributed by atoms with E-state index in [1.165, 1.54) is 0 Å². The number of benzene rings is 1. The summed E-state index contributed by atoms with van der Waals surface area (Å²) in [6.45, 7) is 1.81. The van der Waals surface area contributed by atoms with E-state index in [0.29, 0.717) is 17.2 Å². The molecule has 0 atom stereocenters. The highest BCUT2D eigenvalue weighted by Gasteiger charge is 2.07. The molecule has 0 saturated heterocycles. The fraction of sp³-hybridized carbons (Fsp3) is 0.250. The van der Waals surface area contributed by atoms with E-state index in [0.717, 1.165) is 5.56 Å². The molecule has 2 nitrogen and oxygen atoms in total. The summed E-state index contributed by atoms with van der Waals surface area (Å²) in [4.78, 5) is 11.4. The summed E-state index contributed by atoms with van der Waals surface area (Å²) in [7, 11) is 1.58. The van der Waals surface area contributed by atoms with Gasteiger partial charge >= 0.3 is 0 Å². The zero-order chi connectivity index (χ0) is 11.3. The zero-order valence-corrected chi connectivity index (χ0v) is 9.54. The molecule has 0 unspecified atom stereocenters. The van der Waals surface area contributed by atoms with E-state index < -0.39 is 0 Å². The van der Waals surface area contributed by atoms with Gasteiger partial charge in [-0.25, -0.2) is 0 Å². The van der Waals surface area contributed by atoms with Gasteiger partial charge < -0.3 is 4.74 Å². The Kier molecular flexibility index (Phi) is 4.37. The molecule has 3 heteroatoms. The lowest BCUT2D eigenvalue weighted by Gasteiger charge is -2.06. The highest BCUT2D eigenvalue weighted by Crippen LogP contribution is 2.23. The number of halogens is 1. The van der Waals surface area contributed by atoms with Gasteiger partial charge in [-0.15, -0.1) is 0 Å². The Morgan fingerprint density at radius 2 is 2.27 bits per heavy atom. The first kappa shape index (κ1) is 11.8. The van der Waals surface area contributed by atoms with E-state index in [2.05, 4.69) is 0 Å². The van der Waals surface area contributed by atoms with Crippen molar-refractivity contribution < 1.29 is 9.53 Å². The van der Waals surface area contributed by atoms with Crippen molar-refractivity contribution in [2.75, 3.05) is 7.11 Å². The van der Waals surface area contributed by atoms with Crippen LogP contribution in [0.15, 0.2) is 30.4 Å². The molecule has 0 aliphatic heterocycles. The monoisotopic (exact) mass is 224 g/mol. The Labute approximate surface area is 94.5 Å². The van der Waals surface area contributed by atoms with Crippen molar-refractivity contribution in [3.8, 4) is 5.75 Å². The number of carbonyl (C=O) groups excluding carboxylic acids is 1. The Morgan fingerprint density at radius 1 is 1.53 bits per heavy atom. The van der Waals surface area contributed by atoms with Gasteiger partial charge in [0.2, 0.25) is 0 Å². The van der Waals surface area contributed by atoms with Gasteiger partial charge in [-0.1, -0.05) is 17.7 Å². The summed E-state index contributed by atoms with van der Waals surface area (Å²) in [6, 6.07) is 5.26. The van der Waals surface area contributed by atoms with Gasteiger partial charge in [0.1, 0.15) is 5.75 Å².